The highest BCUT2D eigenvalue weighted by atomic mass is 32.1. The highest BCUT2D eigenvalue weighted by Crippen LogP contribution is 2.25. The molecule has 0 fully saturated rings. The summed E-state index contributed by atoms with van der Waals surface area (Å²) in [6, 6.07) is 17.3. The Labute approximate surface area is 100 Å². The first kappa shape index (κ1) is 9.73. The Bertz CT molecular complexity index is 626. The minimum atomic E-state index is 1.01. The Morgan fingerprint density at radius 1 is 0.688 bits per heavy atom. The summed E-state index contributed by atoms with van der Waals surface area (Å²) in [5, 5.41) is 5.12. The maximum Gasteiger partial charge on any atom is 0.00463 e. The summed E-state index contributed by atoms with van der Waals surface area (Å²) in [6.45, 7) is 2.12. The zero-order chi connectivity index (χ0) is 11.1. The highest BCUT2D eigenvalue weighted by molar-refractivity contribution is 7.80. The van der Waals surface area contributed by atoms with Gasteiger partial charge in [0.2, 0.25) is 0 Å². The lowest BCUT2D eigenvalue weighted by molar-refractivity contribution is 1.50. The number of aryl methyl sites for hydroxylation is 1. The standard InChI is InChI=1S/C15H12S/c1-10-2-3-11-7-12-4-5-15(16)9-14(12)8-13(11)6-10/h2-9,16H,1H3. The number of rotatable bonds is 0. The molecule has 0 amide bonds. The maximum absolute atomic E-state index is 4.37. The summed E-state index contributed by atoms with van der Waals surface area (Å²) >= 11 is 4.37. The van der Waals surface area contributed by atoms with Gasteiger partial charge in [0.1, 0.15) is 0 Å². The van der Waals surface area contributed by atoms with Gasteiger partial charge in [-0.15, -0.1) is 12.6 Å². The molecule has 3 rings (SSSR count). The van der Waals surface area contributed by atoms with Crippen molar-refractivity contribution >= 4 is 34.2 Å². The van der Waals surface area contributed by atoms with E-state index in [1.165, 1.54) is 27.1 Å². The third kappa shape index (κ3) is 1.57. The van der Waals surface area contributed by atoms with Gasteiger partial charge in [0.15, 0.2) is 0 Å². The SMILES string of the molecule is Cc1ccc2cc3ccc(S)cc3cc2c1. The lowest BCUT2D eigenvalue weighted by atomic mass is 10.0. The second-order valence-electron chi connectivity index (χ2n) is 4.23. The maximum atomic E-state index is 4.37. The topological polar surface area (TPSA) is 0 Å². The van der Waals surface area contributed by atoms with E-state index in [0.29, 0.717) is 0 Å². The molecule has 0 N–H and O–H groups in total. The Morgan fingerprint density at radius 3 is 2.12 bits per heavy atom. The van der Waals surface area contributed by atoms with E-state index in [9.17, 15) is 0 Å². The third-order valence-electron chi connectivity index (χ3n) is 2.93. The number of fused-ring (bicyclic) bond motifs is 2. The van der Waals surface area contributed by atoms with Crippen LogP contribution in [0, 0.1) is 6.92 Å². The molecule has 0 radical (unpaired) electrons. The number of hydrogen-bond acceptors (Lipinski definition) is 1. The molecule has 0 atom stereocenters. The fourth-order valence-electron chi connectivity index (χ4n) is 2.10. The molecule has 1 heteroatoms. The van der Waals surface area contributed by atoms with E-state index in [1.54, 1.807) is 0 Å². The molecule has 0 saturated heterocycles. The lowest BCUT2D eigenvalue weighted by Gasteiger charge is -2.04. The molecular weight excluding hydrogens is 212 g/mol. The number of thiol groups is 1. The van der Waals surface area contributed by atoms with Crippen LogP contribution in [0.2, 0.25) is 0 Å². The van der Waals surface area contributed by atoms with Crippen LogP contribution in [0.5, 0.6) is 0 Å². The van der Waals surface area contributed by atoms with E-state index in [0.717, 1.165) is 4.90 Å². The van der Waals surface area contributed by atoms with Gasteiger partial charge in [-0.25, -0.2) is 0 Å². The number of benzene rings is 3. The minimum Gasteiger partial charge on any atom is -0.143 e. The van der Waals surface area contributed by atoms with E-state index in [1.807, 2.05) is 6.07 Å². The van der Waals surface area contributed by atoms with Crippen molar-refractivity contribution < 1.29 is 0 Å². The van der Waals surface area contributed by atoms with E-state index in [-0.39, 0.29) is 0 Å². The second kappa shape index (κ2) is 3.53. The van der Waals surface area contributed by atoms with Gasteiger partial charge in [0.25, 0.3) is 0 Å². The van der Waals surface area contributed by atoms with Crippen LogP contribution in [0.25, 0.3) is 21.5 Å². The third-order valence-corrected chi connectivity index (χ3v) is 3.21. The molecule has 0 bridgehead atoms. The van der Waals surface area contributed by atoms with Crippen molar-refractivity contribution in [1.29, 1.82) is 0 Å². The van der Waals surface area contributed by atoms with Gasteiger partial charge in [-0.2, -0.15) is 0 Å². The Morgan fingerprint density at radius 2 is 1.31 bits per heavy atom. The fourth-order valence-corrected chi connectivity index (χ4v) is 2.32. The molecular formula is C15H12S. The average Bonchev–Trinajstić information content (AvgIpc) is 2.26. The van der Waals surface area contributed by atoms with Gasteiger partial charge in [0, 0.05) is 4.90 Å². The van der Waals surface area contributed by atoms with Crippen molar-refractivity contribution in [3.63, 3.8) is 0 Å². The van der Waals surface area contributed by atoms with Crippen LogP contribution in [-0.2, 0) is 0 Å². The van der Waals surface area contributed by atoms with Crippen LogP contribution in [-0.4, -0.2) is 0 Å². The van der Waals surface area contributed by atoms with Crippen molar-refractivity contribution in [2.45, 2.75) is 11.8 Å². The van der Waals surface area contributed by atoms with E-state index < -0.39 is 0 Å². The second-order valence-corrected chi connectivity index (χ2v) is 4.75. The van der Waals surface area contributed by atoms with Crippen LogP contribution in [0.3, 0.4) is 0 Å². The number of hydrogen-bond donors (Lipinski definition) is 1. The normalized spacial score (nSPS) is 11.1. The minimum absolute atomic E-state index is 1.01. The molecule has 0 aliphatic carbocycles. The molecule has 0 aliphatic heterocycles. The molecule has 3 aromatic carbocycles. The van der Waals surface area contributed by atoms with Gasteiger partial charge >= 0.3 is 0 Å². The molecule has 3 aromatic rings. The highest BCUT2D eigenvalue weighted by Gasteiger charge is 1.98. The zero-order valence-electron chi connectivity index (χ0n) is 9.07. The first-order valence-electron chi connectivity index (χ1n) is 5.35. The van der Waals surface area contributed by atoms with Crippen molar-refractivity contribution in [3.05, 3.63) is 54.1 Å². The Hall–Kier alpha value is -1.47. The Balaban J connectivity index is 2.44. The molecule has 16 heavy (non-hydrogen) atoms. The summed E-state index contributed by atoms with van der Waals surface area (Å²) in [4.78, 5) is 1.01. The fraction of sp³-hybridized carbons (Fsp3) is 0.0667. The average molecular weight is 224 g/mol. The predicted octanol–water partition coefficient (Wildman–Crippen LogP) is 4.59. The molecule has 0 unspecified atom stereocenters. The summed E-state index contributed by atoms with van der Waals surface area (Å²) in [5.74, 6) is 0. The van der Waals surface area contributed by atoms with E-state index >= 15 is 0 Å². The van der Waals surface area contributed by atoms with E-state index in [4.69, 9.17) is 0 Å². The first-order chi connectivity index (χ1) is 7.72. The quantitative estimate of drug-likeness (QED) is 0.419. The summed E-state index contributed by atoms with van der Waals surface area (Å²) in [6.07, 6.45) is 0. The van der Waals surface area contributed by atoms with Crippen LogP contribution >= 0.6 is 12.6 Å². The molecule has 0 aromatic heterocycles. The first-order valence-corrected chi connectivity index (χ1v) is 5.80. The van der Waals surface area contributed by atoms with Crippen LogP contribution in [0.15, 0.2) is 53.4 Å². The summed E-state index contributed by atoms with van der Waals surface area (Å²) in [5.41, 5.74) is 1.30. The Kier molecular flexibility index (Phi) is 2.15. The summed E-state index contributed by atoms with van der Waals surface area (Å²) in [7, 11) is 0. The lowest BCUT2D eigenvalue weighted by Crippen LogP contribution is -1.78. The molecule has 0 heterocycles. The largest absolute Gasteiger partial charge is 0.143 e. The van der Waals surface area contributed by atoms with Crippen molar-refractivity contribution in [2.24, 2.45) is 0 Å². The van der Waals surface area contributed by atoms with Gasteiger partial charge in [-0.3, -0.25) is 0 Å². The van der Waals surface area contributed by atoms with Crippen LogP contribution in [0.1, 0.15) is 5.56 Å². The molecule has 78 valence electrons. The van der Waals surface area contributed by atoms with Gasteiger partial charge in [0.05, 0.1) is 0 Å². The zero-order valence-corrected chi connectivity index (χ0v) is 9.96. The van der Waals surface area contributed by atoms with Gasteiger partial charge in [-0.05, 0) is 52.7 Å². The molecule has 0 spiro atoms. The smallest absolute Gasteiger partial charge is 0.00463 e. The molecule has 0 aliphatic rings. The monoisotopic (exact) mass is 224 g/mol. The van der Waals surface area contributed by atoms with Crippen molar-refractivity contribution in [3.8, 4) is 0 Å². The van der Waals surface area contributed by atoms with Crippen molar-refractivity contribution in [2.75, 3.05) is 0 Å². The van der Waals surface area contributed by atoms with Crippen LogP contribution in [0.4, 0.5) is 0 Å². The van der Waals surface area contributed by atoms with E-state index in [2.05, 4.69) is 62.0 Å². The van der Waals surface area contributed by atoms with Crippen molar-refractivity contribution in [1.82, 2.24) is 0 Å². The van der Waals surface area contributed by atoms with Crippen LogP contribution < -0.4 is 0 Å². The van der Waals surface area contributed by atoms with Gasteiger partial charge < -0.3 is 0 Å². The predicted molar refractivity (Wildman–Crippen MR) is 73.4 cm³/mol. The summed E-state index contributed by atoms with van der Waals surface area (Å²) < 4.78 is 0. The molecule has 0 saturated carbocycles. The van der Waals surface area contributed by atoms with Gasteiger partial charge in [-0.1, -0.05) is 29.8 Å². The molecule has 0 nitrogen and oxygen atoms in total.